The van der Waals surface area contributed by atoms with Gasteiger partial charge in [-0.15, -0.1) is 0 Å². The number of ether oxygens (including phenoxy) is 1. The molecule has 2 nitrogen and oxygen atoms in total. The van der Waals surface area contributed by atoms with Crippen LogP contribution in [0.2, 0.25) is 0 Å². The third-order valence-electron chi connectivity index (χ3n) is 2.71. The van der Waals surface area contributed by atoms with Crippen LogP contribution in [0.5, 0.6) is 5.75 Å². The third kappa shape index (κ3) is 3.27. The Morgan fingerprint density at radius 1 is 1.19 bits per heavy atom. The minimum atomic E-state index is 0.810. The van der Waals surface area contributed by atoms with E-state index in [0.29, 0.717) is 0 Å². The average Bonchev–Trinajstić information content (AvgIpc) is 2.38. The molecule has 0 unspecified atom stereocenters. The molecule has 0 aliphatic carbocycles. The van der Waals surface area contributed by atoms with E-state index in [9.17, 15) is 0 Å². The van der Waals surface area contributed by atoms with Crippen molar-refractivity contribution in [3.63, 3.8) is 0 Å². The molecule has 0 amide bonds. The largest absolute Gasteiger partial charge is 0.497 e. The van der Waals surface area contributed by atoms with Crippen molar-refractivity contribution in [2.75, 3.05) is 18.6 Å². The molecule has 0 atom stereocenters. The van der Waals surface area contributed by atoms with E-state index in [1.807, 2.05) is 23.9 Å². The van der Waals surface area contributed by atoms with Gasteiger partial charge >= 0.3 is 0 Å². The van der Waals surface area contributed by atoms with E-state index in [1.54, 1.807) is 7.11 Å². The highest BCUT2D eigenvalue weighted by atomic mass is 32.2. The molecule has 0 saturated carbocycles. The van der Waals surface area contributed by atoms with Crippen LogP contribution in [0, 0.1) is 0 Å². The molecule has 1 aliphatic heterocycles. The third-order valence-corrected chi connectivity index (χ3v) is 3.70. The zero-order valence-corrected chi connectivity index (χ0v) is 10.4. The monoisotopic (exact) mass is 235 g/mol. The number of methoxy groups -OCH3 is 1. The Morgan fingerprint density at radius 2 is 1.88 bits per heavy atom. The first kappa shape index (κ1) is 11.5. The van der Waals surface area contributed by atoms with Gasteiger partial charge in [-0.05, 0) is 42.0 Å². The maximum atomic E-state index is 5.13. The Morgan fingerprint density at radius 3 is 2.50 bits per heavy atom. The van der Waals surface area contributed by atoms with Crippen LogP contribution >= 0.6 is 11.8 Å². The number of aliphatic imine (C=N–C) groups is 1. The predicted octanol–water partition coefficient (Wildman–Crippen LogP) is 3.16. The van der Waals surface area contributed by atoms with Crippen molar-refractivity contribution >= 4 is 17.5 Å². The standard InChI is InChI=1S/C13H17NOS/c1-15-13-4-2-11(3-5-13)10-14-12-6-8-16-9-7-12/h2-5H,6-10H2,1H3. The highest BCUT2D eigenvalue weighted by Crippen LogP contribution is 2.16. The lowest BCUT2D eigenvalue weighted by molar-refractivity contribution is 0.414. The van der Waals surface area contributed by atoms with Crippen molar-refractivity contribution in [1.29, 1.82) is 0 Å². The SMILES string of the molecule is COc1ccc(CN=C2CCSCC2)cc1. The lowest BCUT2D eigenvalue weighted by atomic mass is 10.2. The first-order chi connectivity index (χ1) is 7.88. The summed E-state index contributed by atoms with van der Waals surface area (Å²) >= 11 is 2.03. The number of rotatable bonds is 3. The first-order valence-electron chi connectivity index (χ1n) is 5.61. The lowest BCUT2D eigenvalue weighted by Gasteiger charge is -2.12. The fraction of sp³-hybridized carbons (Fsp3) is 0.462. The van der Waals surface area contributed by atoms with Crippen LogP contribution in [0.4, 0.5) is 0 Å². The summed E-state index contributed by atoms with van der Waals surface area (Å²) in [6.45, 7) is 0.810. The maximum absolute atomic E-state index is 5.13. The molecule has 1 aromatic carbocycles. The molecule has 1 saturated heterocycles. The summed E-state index contributed by atoms with van der Waals surface area (Å²) in [5.74, 6) is 3.38. The molecule has 0 radical (unpaired) electrons. The number of hydrogen-bond donors (Lipinski definition) is 0. The second-order valence-electron chi connectivity index (χ2n) is 3.84. The van der Waals surface area contributed by atoms with Crippen LogP contribution in [0.25, 0.3) is 0 Å². The zero-order chi connectivity index (χ0) is 11.2. The van der Waals surface area contributed by atoms with Gasteiger partial charge in [-0.2, -0.15) is 11.8 Å². The van der Waals surface area contributed by atoms with Gasteiger partial charge in [0, 0.05) is 5.71 Å². The Labute approximate surface area is 101 Å². The zero-order valence-electron chi connectivity index (χ0n) is 9.61. The van der Waals surface area contributed by atoms with E-state index in [0.717, 1.165) is 12.3 Å². The van der Waals surface area contributed by atoms with Crippen LogP contribution in [0.15, 0.2) is 29.3 Å². The summed E-state index contributed by atoms with van der Waals surface area (Å²) in [7, 11) is 1.69. The topological polar surface area (TPSA) is 21.6 Å². The summed E-state index contributed by atoms with van der Waals surface area (Å²) in [5, 5.41) is 0. The first-order valence-corrected chi connectivity index (χ1v) is 6.77. The Bertz CT molecular complexity index is 351. The van der Waals surface area contributed by atoms with Crippen LogP contribution in [-0.2, 0) is 6.54 Å². The summed E-state index contributed by atoms with van der Waals surface area (Å²) in [6, 6.07) is 8.15. The minimum Gasteiger partial charge on any atom is -0.497 e. The van der Waals surface area contributed by atoms with Gasteiger partial charge in [-0.1, -0.05) is 12.1 Å². The van der Waals surface area contributed by atoms with Gasteiger partial charge in [-0.3, -0.25) is 4.99 Å². The van der Waals surface area contributed by atoms with E-state index in [1.165, 1.54) is 35.6 Å². The number of hydrogen-bond acceptors (Lipinski definition) is 3. The normalized spacial score (nSPS) is 15.9. The minimum absolute atomic E-state index is 0.810. The Kier molecular flexibility index (Phi) is 4.28. The molecular weight excluding hydrogens is 218 g/mol. The molecule has 0 bridgehead atoms. The molecule has 1 fully saturated rings. The van der Waals surface area contributed by atoms with Gasteiger partial charge in [0.05, 0.1) is 13.7 Å². The molecule has 16 heavy (non-hydrogen) atoms. The van der Waals surface area contributed by atoms with Crippen molar-refractivity contribution in [1.82, 2.24) is 0 Å². The van der Waals surface area contributed by atoms with Gasteiger partial charge in [0.15, 0.2) is 0 Å². The molecule has 2 rings (SSSR count). The quantitative estimate of drug-likeness (QED) is 0.802. The van der Waals surface area contributed by atoms with Gasteiger partial charge in [0.2, 0.25) is 0 Å². The fourth-order valence-electron chi connectivity index (χ4n) is 1.70. The van der Waals surface area contributed by atoms with Crippen LogP contribution in [0.1, 0.15) is 18.4 Å². The highest BCUT2D eigenvalue weighted by Gasteiger charge is 2.06. The summed E-state index contributed by atoms with van der Waals surface area (Å²) < 4.78 is 5.13. The van der Waals surface area contributed by atoms with Crippen molar-refractivity contribution in [3.8, 4) is 5.75 Å². The van der Waals surface area contributed by atoms with E-state index in [4.69, 9.17) is 4.74 Å². The van der Waals surface area contributed by atoms with Gasteiger partial charge < -0.3 is 4.74 Å². The predicted molar refractivity (Wildman–Crippen MR) is 70.7 cm³/mol. The number of thioether (sulfide) groups is 1. The fourth-order valence-corrected chi connectivity index (χ4v) is 2.66. The van der Waals surface area contributed by atoms with Crippen LogP contribution in [0.3, 0.4) is 0 Å². The van der Waals surface area contributed by atoms with E-state index >= 15 is 0 Å². The molecule has 1 aromatic rings. The smallest absolute Gasteiger partial charge is 0.118 e. The van der Waals surface area contributed by atoms with Crippen molar-refractivity contribution in [2.24, 2.45) is 4.99 Å². The van der Waals surface area contributed by atoms with Crippen molar-refractivity contribution < 1.29 is 4.74 Å². The second-order valence-corrected chi connectivity index (χ2v) is 5.07. The van der Waals surface area contributed by atoms with Crippen LogP contribution in [-0.4, -0.2) is 24.3 Å². The highest BCUT2D eigenvalue weighted by molar-refractivity contribution is 7.99. The van der Waals surface area contributed by atoms with Crippen molar-refractivity contribution in [3.05, 3.63) is 29.8 Å². The molecule has 3 heteroatoms. The van der Waals surface area contributed by atoms with E-state index < -0.39 is 0 Å². The van der Waals surface area contributed by atoms with Crippen LogP contribution < -0.4 is 4.74 Å². The van der Waals surface area contributed by atoms with Gasteiger partial charge in [-0.25, -0.2) is 0 Å². The summed E-state index contributed by atoms with van der Waals surface area (Å²) in [5.41, 5.74) is 2.64. The molecule has 86 valence electrons. The molecular formula is C13H17NOS. The van der Waals surface area contributed by atoms with Crippen molar-refractivity contribution in [2.45, 2.75) is 19.4 Å². The lowest BCUT2D eigenvalue weighted by Crippen LogP contribution is -2.08. The summed E-state index contributed by atoms with van der Waals surface area (Å²) in [6.07, 6.45) is 2.33. The molecule has 0 N–H and O–H groups in total. The maximum Gasteiger partial charge on any atom is 0.118 e. The van der Waals surface area contributed by atoms with E-state index in [2.05, 4.69) is 17.1 Å². The number of nitrogens with zero attached hydrogens (tertiary/aromatic N) is 1. The van der Waals surface area contributed by atoms with Gasteiger partial charge in [0.1, 0.15) is 5.75 Å². The van der Waals surface area contributed by atoms with E-state index in [-0.39, 0.29) is 0 Å². The Hall–Kier alpha value is -0.960. The summed E-state index contributed by atoms with van der Waals surface area (Å²) in [4.78, 5) is 4.67. The molecule has 1 aliphatic rings. The molecule has 0 spiro atoms. The molecule has 0 aromatic heterocycles. The molecule has 1 heterocycles. The number of benzene rings is 1. The average molecular weight is 235 g/mol. The van der Waals surface area contributed by atoms with Gasteiger partial charge in [0.25, 0.3) is 0 Å². The second kappa shape index (κ2) is 5.94. The Balaban J connectivity index is 1.92.